The van der Waals surface area contributed by atoms with E-state index in [1.807, 2.05) is 0 Å². The highest BCUT2D eigenvalue weighted by Gasteiger charge is 2.25. The number of aryl methyl sites for hydroxylation is 1. The van der Waals surface area contributed by atoms with E-state index in [2.05, 4.69) is 82.6 Å². The first-order valence-corrected chi connectivity index (χ1v) is 14.5. The Bertz CT molecular complexity index is 858. The first kappa shape index (κ1) is 26.5. The van der Waals surface area contributed by atoms with Crippen molar-refractivity contribution in [3.63, 3.8) is 0 Å². The molecule has 0 bridgehead atoms. The number of benzene rings is 2. The van der Waals surface area contributed by atoms with Crippen molar-refractivity contribution in [2.75, 3.05) is 19.4 Å². The molecule has 2 nitrogen and oxygen atoms in total. The minimum Gasteiger partial charge on any atom is -0.493 e. The van der Waals surface area contributed by atoms with Crippen LogP contribution in [0.15, 0.2) is 36.4 Å². The molecule has 1 saturated carbocycles. The highest BCUT2D eigenvalue weighted by molar-refractivity contribution is 7.16. The maximum absolute atomic E-state index is 6.41. The van der Waals surface area contributed by atoms with Gasteiger partial charge in [-0.25, -0.2) is 0 Å². The van der Waals surface area contributed by atoms with Crippen LogP contribution < -0.4 is 9.47 Å². The van der Waals surface area contributed by atoms with Crippen molar-refractivity contribution in [1.82, 2.24) is 0 Å². The van der Waals surface area contributed by atoms with E-state index >= 15 is 0 Å². The molecule has 4 heteroatoms. The summed E-state index contributed by atoms with van der Waals surface area (Å²) in [6, 6.07) is 13.2. The van der Waals surface area contributed by atoms with Gasteiger partial charge in [-0.3, -0.25) is 0 Å². The standard InChI is InChI=1S/C29H44O2P2/c1-5-29(6-2,20-33)19-31-28-15-22(4)27(16-25(28)18-32)24-11-13-26(14-12-24)30-17-23-9-7-21(3)8-10-23/h11-16,21,23H,5-10,17-20,32-33H2,1-4H3. The molecule has 0 spiro atoms. The molecule has 1 aliphatic carbocycles. The molecule has 0 heterocycles. The lowest BCUT2D eigenvalue weighted by Gasteiger charge is -2.30. The Morgan fingerprint density at radius 1 is 0.939 bits per heavy atom. The van der Waals surface area contributed by atoms with Crippen molar-refractivity contribution < 1.29 is 9.47 Å². The van der Waals surface area contributed by atoms with E-state index in [9.17, 15) is 0 Å². The largest absolute Gasteiger partial charge is 0.493 e. The molecule has 182 valence electrons. The lowest BCUT2D eigenvalue weighted by Crippen LogP contribution is -2.29. The molecule has 0 aliphatic heterocycles. The summed E-state index contributed by atoms with van der Waals surface area (Å²) in [4.78, 5) is 0. The Morgan fingerprint density at radius 2 is 1.61 bits per heavy atom. The molecule has 2 aromatic carbocycles. The third kappa shape index (κ3) is 6.96. The molecule has 0 saturated heterocycles. The normalized spacial score (nSPS) is 18.8. The van der Waals surface area contributed by atoms with Gasteiger partial charge in [-0.1, -0.05) is 45.7 Å². The highest BCUT2D eigenvalue weighted by Crippen LogP contribution is 2.36. The Balaban J connectivity index is 1.68. The predicted octanol–water partition coefficient (Wildman–Crippen LogP) is 8.30. The molecule has 2 unspecified atom stereocenters. The molecule has 3 rings (SSSR count). The van der Waals surface area contributed by atoms with Gasteiger partial charge >= 0.3 is 0 Å². The SMILES string of the molecule is CCC(CC)(CP)COc1cc(C)c(-c2ccc(OCC3CCC(C)CC3)cc2)cc1CP. The maximum atomic E-state index is 6.41. The van der Waals surface area contributed by atoms with Gasteiger partial charge in [-0.05, 0) is 103 Å². The van der Waals surface area contributed by atoms with Gasteiger partial charge in [0.05, 0.1) is 13.2 Å². The minimum absolute atomic E-state index is 0.237. The van der Waals surface area contributed by atoms with Crippen LogP contribution in [-0.4, -0.2) is 19.4 Å². The van der Waals surface area contributed by atoms with Gasteiger partial charge in [-0.2, -0.15) is 0 Å². The van der Waals surface area contributed by atoms with Gasteiger partial charge in [0.2, 0.25) is 0 Å². The van der Waals surface area contributed by atoms with Gasteiger partial charge in [-0.15, -0.1) is 18.5 Å². The lowest BCUT2D eigenvalue weighted by molar-refractivity contribution is 0.155. The number of hydrogen-bond donors (Lipinski definition) is 0. The smallest absolute Gasteiger partial charge is 0.123 e. The van der Waals surface area contributed by atoms with Crippen molar-refractivity contribution in [2.45, 2.75) is 72.4 Å². The zero-order valence-electron chi connectivity index (χ0n) is 21.2. The Kier molecular flexibility index (Phi) is 10.1. The molecule has 0 amide bonds. The molecule has 33 heavy (non-hydrogen) atoms. The van der Waals surface area contributed by atoms with E-state index in [0.717, 1.165) is 55.8 Å². The van der Waals surface area contributed by atoms with Crippen LogP contribution in [-0.2, 0) is 6.16 Å². The Hall–Kier alpha value is -1.10. The number of ether oxygens (including phenoxy) is 2. The average Bonchev–Trinajstić information content (AvgIpc) is 2.85. The van der Waals surface area contributed by atoms with Gasteiger partial charge in [0, 0.05) is 5.41 Å². The Morgan fingerprint density at radius 3 is 2.18 bits per heavy atom. The summed E-state index contributed by atoms with van der Waals surface area (Å²) in [6.07, 6.45) is 9.53. The highest BCUT2D eigenvalue weighted by atomic mass is 31.0. The minimum atomic E-state index is 0.237. The molecule has 0 aromatic heterocycles. The topological polar surface area (TPSA) is 18.5 Å². The molecule has 0 N–H and O–H groups in total. The summed E-state index contributed by atoms with van der Waals surface area (Å²) in [5.41, 5.74) is 5.25. The molecule has 0 radical (unpaired) electrons. The van der Waals surface area contributed by atoms with Gasteiger partial charge in [0.1, 0.15) is 11.5 Å². The average molecular weight is 487 g/mol. The van der Waals surface area contributed by atoms with Gasteiger partial charge < -0.3 is 9.47 Å². The molecular formula is C29H44O2P2. The molecule has 1 aliphatic rings. The fourth-order valence-electron chi connectivity index (χ4n) is 4.80. The second kappa shape index (κ2) is 12.6. The van der Waals surface area contributed by atoms with Crippen molar-refractivity contribution in [3.05, 3.63) is 47.5 Å². The van der Waals surface area contributed by atoms with Crippen LogP contribution >= 0.6 is 18.5 Å². The van der Waals surface area contributed by atoms with Crippen molar-refractivity contribution in [2.24, 2.45) is 17.3 Å². The third-order valence-corrected chi connectivity index (χ3v) is 9.19. The van der Waals surface area contributed by atoms with E-state index in [0.29, 0.717) is 5.92 Å². The third-order valence-electron chi connectivity index (χ3n) is 7.88. The summed E-state index contributed by atoms with van der Waals surface area (Å²) in [7, 11) is 5.78. The molecule has 2 atom stereocenters. The van der Waals surface area contributed by atoms with Crippen LogP contribution in [0.2, 0.25) is 0 Å². The maximum Gasteiger partial charge on any atom is 0.123 e. The zero-order valence-corrected chi connectivity index (χ0v) is 23.5. The quantitative estimate of drug-likeness (QED) is 0.297. The summed E-state index contributed by atoms with van der Waals surface area (Å²) < 4.78 is 12.5. The van der Waals surface area contributed by atoms with Crippen molar-refractivity contribution in [3.8, 4) is 22.6 Å². The number of rotatable bonds is 11. The fraction of sp³-hybridized carbons (Fsp3) is 0.586. The van der Waals surface area contributed by atoms with Crippen LogP contribution in [0.3, 0.4) is 0 Å². The summed E-state index contributed by atoms with van der Waals surface area (Å²) in [5, 5.41) is 0. The van der Waals surface area contributed by atoms with Crippen LogP contribution in [0.4, 0.5) is 0 Å². The summed E-state index contributed by atoms with van der Waals surface area (Å²) in [5.74, 6) is 3.61. The van der Waals surface area contributed by atoms with E-state index in [-0.39, 0.29) is 5.41 Å². The van der Waals surface area contributed by atoms with E-state index in [1.165, 1.54) is 47.9 Å². The molecule has 2 aromatic rings. The fourth-order valence-corrected chi connectivity index (χ4v) is 5.82. The van der Waals surface area contributed by atoms with Gasteiger partial charge in [0.25, 0.3) is 0 Å². The predicted molar refractivity (Wildman–Crippen MR) is 150 cm³/mol. The first-order chi connectivity index (χ1) is 15.9. The second-order valence-electron chi connectivity index (χ2n) is 10.1. The van der Waals surface area contributed by atoms with E-state index < -0.39 is 0 Å². The first-order valence-electron chi connectivity index (χ1n) is 12.8. The van der Waals surface area contributed by atoms with E-state index in [1.54, 1.807) is 0 Å². The summed E-state index contributed by atoms with van der Waals surface area (Å²) >= 11 is 0. The van der Waals surface area contributed by atoms with E-state index in [4.69, 9.17) is 9.47 Å². The van der Waals surface area contributed by atoms with Crippen molar-refractivity contribution >= 4 is 18.5 Å². The Labute approximate surface area is 207 Å². The van der Waals surface area contributed by atoms with Crippen LogP contribution in [0, 0.1) is 24.2 Å². The monoisotopic (exact) mass is 486 g/mol. The van der Waals surface area contributed by atoms with Crippen LogP contribution in [0.1, 0.15) is 70.4 Å². The number of hydrogen-bond acceptors (Lipinski definition) is 2. The second-order valence-corrected chi connectivity index (χ2v) is 11.0. The molecule has 1 fully saturated rings. The van der Waals surface area contributed by atoms with Gasteiger partial charge in [0.15, 0.2) is 0 Å². The van der Waals surface area contributed by atoms with Crippen LogP contribution in [0.5, 0.6) is 11.5 Å². The zero-order chi connectivity index (χ0) is 23.8. The summed E-state index contributed by atoms with van der Waals surface area (Å²) in [6.45, 7) is 10.7. The van der Waals surface area contributed by atoms with Crippen LogP contribution in [0.25, 0.3) is 11.1 Å². The lowest BCUT2D eigenvalue weighted by atomic mass is 9.83. The molecular weight excluding hydrogens is 442 g/mol. The van der Waals surface area contributed by atoms with Crippen molar-refractivity contribution in [1.29, 1.82) is 0 Å².